The molecule has 0 bridgehead atoms. The smallest absolute Gasteiger partial charge is 0.268 e. The summed E-state index contributed by atoms with van der Waals surface area (Å²) in [5, 5.41) is 28.5. The molecule has 1 aliphatic carbocycles. The van der Waals surface area contributed by atoms with Gasteiger partial charge in [0.05, 0.1) is 5.56 Å². The molecule has 8 heteroatoms. The van der Waals surface area contributed by atoms with Gasteiger partial charge < -0.3 is 25.8 Å². The number of carbonyl (C=O) groups is 3. The Balaban J connectivity index is 1.52. The zero-order chi connectivity index (χ0) is 33.4. The van der Waals surface area contributed by atoms with Crippen LogP contribution in [0.3, 0.4) is 0 Å². The summed E-state index contributed by atoms with van der Waals surface area (Å²) < 4.78 is 0. The van der Waals surface area contributed by atoms with Crippen LogP contribution in [0.4, 0.5) is 0 Å². The average molecular weight is 620 g/mol. The van der Waals surface area contributed by atoms with E-state index in [0.717, 1.165) is 27.7 Å². The highest BCUT2D eigenvalue weighted by Crippen LogP contribution is 2.39. The van der Waals surface area contributed by atoms with E-state index in [1.54, 1.807) is 12.2 Å². The van der Waals surface area contributed by atoms with Gasteiger partial charge in [0.2, 0.25) is 0 Å². The van der Waals surface area contributed by atoms with E-state index in [1.807, 2.05) is 83.2 Å². The first-order valence-electron chi connectivity index (χ1n) is 15.4. The predicted molar refractivity (Wildman–Crippen MR) is 182 cm³/mol. The van der Waals surface area contributed by atoms with Crippen molar-refractivity contribution in [1.82, 2.24) is 15.6 Å². The van der Waals surface area contributed by atoms with Crippen molar-refractivity contribution < 1.29 is 24.6 Å². The number of amides is 2. The summed E-state index contributed by atoms with van der Waals surface area (Å²) >= 11 is 0. The number of carbonyl (C=O) groups excluding carboxylic acids is 3. The molecule has 5 rings (SSSR count). The van der Waals surface area contributed by atoms with Gasteiger partial charge in [0.25, 0.3) is 11.8 Å². The molecule has 0 saturated carbocycles. The lowest BCUT2D eigenvalue weighted by Crippen LogP contribution is -2.68. The van der Waals surface area contributed by atoms with E-state index in [0.29, 0.717) is 24.7 Å². The molecule has 3 unspecified atom stereocenters. The van der Waals surface area contributed by atoms with Gasteiger partial charge in [-0.05, 0) is 50.8 Å². The molecule has 2 aromatic carbocycles. The van der Waals surface area contributed by atoms with E-state index < -0.39 is 22.8 Å². The standard InChI is InChI=1S/C38H41N3O5/c1-7-37(5,6)34-28(26-10-8-9-11-30(26)39-34)19-31-35(45)41-38(36(46)40-31)20-23(4)13-15-25(38)16-17-27-29(21-42)33(44)24(18-32(27)43)14-12-22(2)3/h7-13,15-19,21,23,25,39,43-44H,1,14,20H2,2-6H3,(H,40,46)(H,41,45). The summed E-state index contributed by atoms with van der Waals surface area (Å²) in [5.74, 6) is -1.78. The number of aromatic nitrogens is 1. The zero-order valence-electron chi connectivity index (χ0n) is 26.9. The van der Waals surface area contributed by atoms with E-state index in [2.05, 4.69) is 22.2 Å². The number of H-pyrrole nitrogens is 1. The lowest BCUT2D eigenvalue weighted by Gasteiger charge is -2.44. The normalized spacial score (nSPS) is 22.3. The summed E-state index contributed by atoms with van der Waals surface area (Å²) in [7, 11) is 0. The molecule has 238 valence electrons. The first kappa shape index (κ1) is 32.3. The number of aromatic hydroxyl groups is 2. The van der Waals surface area contributed by atoms with Gasteiger partial charge in [-0.15, -0.1) is 6.58 Å². The molecule has 2 aliphatic rings. The highest BCUT2D eigenvalue weighted by molar-refractivity contribution is 6.10. The Morgan fingerprint density at radius 3 is 2.54 bits per heavy atom. The number of phenolic OH excluding ortho intramolecular Hbond substituents is 2. The van der Waals surface area contributed by atoms with Crippen LogP contribution in [0.15, 0.2) is 78.6 Å². The maximum atomic E-state index is 14.0. The Labute approximate surface area is 269 Å². The number of phenols is 2. The molecule has 8 nitrogen and oxygen atoms in total. The highest BCUT2D eigenvalue weighted by Gasteiger charge is 2.50. The third-order valence-electron chi connectivity index (χ3n) is 9.04. The molecule has 1 aromatic heterocycles. The molecule has 3 aromatic rings. The maximum Gasteiger partial charge on any atom is 0.268 e. The Morgan fingerprint density at radius 2 is 1.85 bits per heavy atom. The topological polar surface area (TPSA) is 132 Å². The maximum absolute atomic E-state index is 14.0. The second-order valence-corrected chi connectivity index (χ2v) is 13.1. The van der Waals surface area contributed by atoms with E-state index in [9.17, 15) is 24.6 Å². The summed E-state index contributed by atoms with van der Waals surface area (Å²) in [4.78, 5) is 43.3. The zero-order valence-corrected chi connectivity index (χ0v) is 26.9. The number of piperazine rings is 1. The number of hydrogen-bond acceptors (Lipinski definition) is 5. The van der Waals surface area contributed by atoms with E-state index in [1.165, 1.54) is 12.1 Å². The van der Waals surface area contributed by atoms with Gasteiger partial charge >= 0.3 is 0 Å². The minimum atomic E-state index is -1.31. The van der Waals surface area contributed by atoms with Crippen molar-refractivity contribution in [3.05, 3.63) is 107 Å². The first-order chi connectivity index (χ1) is 21.8. The Hall–Kier alpha value is -5.11. The van der Waals surface area contributed by atoms with Crippen molar-refractivity contribution in [1.29, 1.82) is 0 Å². The molecule has 2 heterocycles. The second-order valence-electron chi connectivity index (χ2n) is 13.1. The van der Waals surface area contributed by atoms with Crippen molar-refractivity contribution in [3.63, 3.8) is 0 Å². The van der Waals surface area contributed by atoms with Crippen LogP contribution in [0.1, 0.15) is 73.8 Å². The molecule has 1 aliphatic heterocycles. The van der Waals surface area contributed by atoms with Crippen LogP contribution < -0.4 is 10.6 Å². The van der Waals surface area contributed by atoms with Crippen LogP contribution >= 0.6 is 0 Å². The molecule has 46 heavy (non-hydrogen) atoms. The van der Waals surface area contributed by atoms with Crippen molar-refractivity contribution in [2.75, 3.05) is 0 Å². The quantitative estimate of drug-likeness (QED) is 0.0838. The van der Waals surface area contributed by atoms with E-state index >= 15 is 0 Å². The van der Waals surface area contributed by atoms with Crippen LogP contribution in [0, 0.1) is 11.8 Å². The van der Waals surface area contributed by atoms with Crippen LogP contribution in [-0.2, 0) is 21.4 Å². The van der Waals surface area contributed by atoms with E-state index in [4.69, 9.17) is 0 Å². The molecule has 5 N–H and O–H groups in total. The van der Waals surface area contributed by atoms with Gasteiger partial charge in [-0.25, -0.2) is 0 Å². The average Bonchev–Trinajstić information content (AvgIpc) is 3.39. The van der Waals surface area contributed by atoms with Crippen molar-refractivity contribution in [3.8, 4) is 11.5 Å². The third kappa shape index (κ3) is 5.83. The van der Waals surface area contributed by atoms with Gasteiger partial charge in [-0.2, -0.15) is 0 Å². The number of benzene rings is 2. The number of allylic oxidation sites excluding steroid dienone is 4. The fraction of sp³-hybridized carbons (Fsp3) is 0.289. The van der Waals surface area contributed by atoms with Crippen molar-refractivity contribution in [2.24, 2.45) is 11.8 Å². The van der Waals surface area contributed by atoms with Crippen LogP contribution in [0.25, 0.3) is 23.1 Å². The molecular weight excluding hydrogens is 578 g/mol. The van der Waals surface area contributed by atoms with Crippen LogP contribution in [0.5, 0.6) is 11.5 Å². The highest BCUT2D eigenvalue weighted by atomic mass is 16.3. The third-order valence-corrected chi connectivity index (χ3v) is 9.04. The number of aldehydes is 1. The summed E-state index contributed by atoms with van der Waals surface area (Å²) in [6, 6.07) is 9.23. The Bertz CT molecular complexity index is 1870. The Morgan fingerprint density at radius 1 is 1.11 bits per heavy atom. The van der Waals surface area contributed by atoms with Crippen molar-refractivity contribution in [2.45, 2.75) is 58.4 Å². The molecule has 0 radical (unpaired) electrons. The minimum absolute atomic E-state index is 0.00724. The van der Waals surface area contributed by atoms with Gasteiger partial charge in [0, 0.05) is 44.6 Å². The number of nitrogens with one attached hydrogen (secondary N) is 3. The van der Waals surface area contributed by atoms with Crippen molar-refractivity contribution >= 4 is 41.2 Å². The van der Waals surface area contributed by atoms with Gasteiger partial charge in [-0.1, -0.05) is 81.0 Å². The first-order valence-corrected chi connectivity index (χ1v) is 15.4. The lowest BCUT2D eigenvalue weighted by molar-refractivity contribution is -0.138. The minimum Gasteiger partial charge on any atom is -0.507 e. The molecule has 2 amide bonds. The molecule has 1 saturated heterocycles. The van der Waals surface area contributed by atoms with E-state index in [-0.39, 0.29) is 40.1 Å². The largest absolute Gasteiger partial charge is 0.507 e. The van der Waals surface area contributed by atoms with Gasteiger partial charge in [0.1, 0.15) is 22.7 Å². The second kappa shape index (κ2) is 12.4. The number of rotatable bonds is 8. The van der Waals surface area contributed by atoms with Crippen LogP contribution in [0.2, 0.25) is 0 Å². The summed E-state index contributed by atoms with van der Waals surface area (Å²) in [5.41, 5.74) is 2.49. The number of hydrogen-bond donors (Lipinski definition) is 5. The summed E-state index contributed by atoms with van der Waals surface area (Å²) in [6.45, 7) is 13.9. The lowest BCUT2D eigenvalue weighted by atomic mass is 9.71. The predicted octanol–water partition coefficient (Wildman–Crippen LogP) is 6.62. The molecular formula is C38H41N3O5. The fourth-order valence-corrected chi connectivity index (χ4v) is 6.29. The summed E-state index contributed by atoms with van der Waals surface area (Å²) in [6.07, 6.45) is 13.7. The molecule has 1 spiro atoms. The monoisotopic (exact) mass is 619 g/mol. The van der Waals surface area contributed by atoms with Gasteiger partial charge in [-0.3, -0.25) is 14.4 Å². The van der Waals surface area contributed by atoms with Crippen LogP contribution in [-0.4, -0.2) is 38.8 Å². The fourth-order valence-electron chi connectivity index (χ4n) is 6.29. The number of aromatic amines is 1. The molecule has 3 atom stereocenters. The van der Waals surface area contributed by atoms with Gasteiger partial charge in [0.15, 0.2) is 6.29 Å². The number of fused-ring (bicyclic) bond motifs is 1. The Kier molecular flexibility index (Phi) is 8.67. The number of para-hydroxylation sites is 1. The SMILES string of the molecule is C=CC(C)(C)c1[nH]c2ccccc2c1C=C1NC(=O)C2(CC(C)C=CC2C=Cc2c(O)cc(CC=C(C)C)c(O)c2C=O)NC1=O. The molecule has 1 fully saturated rings.